The maximum atomic E-state index is 5.15. The van der Waals surface area contributed by atoms with Crippen LogP contribution in [0.1, 0.15) is 25.8 Å². The first-order chi connectivity index (χ1) is 7.92. The van der Waals surface area contributed by atoms with E-state index in [4.69, 9.17) is 4.74 Å². The summed E-state index contributed by atoms with van der Waals surface area (Å²) >= 11 is 0. The highest BCUT2D eigenvalue weighted by molar-refractivity contribution is 5.44. The summed E-state index contributed by atoms with van der Waals surface area (Å²) in [6.45, 7) is 4.64. The van der Waals surface area contributed by atoms with E-state index in [-0.39, 0.29) is 0 Å². The summed E-state index contributed by atoms with van der Waals surface area (Å²) in [4.78, 5) is 4.34. The van der Waals surface area contributed by atoms with E-state index in [9.17, 15) is 0 Å². The van der Waals surface area contributed by atoms with E-state index in [1.54, 1.807) is 7.11 Å². The summed E-state index contributed by atoms with van der Waals surface area (Å²) in [7, 11) is 1.71. The molecular formula is C14H19NO. The summed E-state index contributed by atoms with van der Waals surface area (Å²) < 4.78 is 5.15. The highest BCUT2D eigenvalue weighted by Crippen LogP contribution is 1.93. The van der Waals surface area contributed by atoms with Gasteiger partial charge in [-0.2, -0.15) is 0 Å². The van der Waals surface area contributed by atoms with E-state index < -0.39 is 0 Å². The van der Waals surface area contributed by atoms with Crippen molar-refractivity contribution in [1.29, 1.82) is 0 Å². The van der Waals surface area contributed by atoms with Gasteiger partial charge in [-0.3, -0.25) is 4.98 Å². The molecule has 2 heteroatoms. The quantitative estimate of drug-likeness (QED) is 0.753. The van der Waals surface area contributed by atoms with E-state index in [1.165, 1.54) is 10.8 Å². The first-order valence-corrected chi connectivity index (χ1v) is 5.71. The Hall–Kier alpha value is -1.41. The first-order valence-electron chi connectivity index (χ1n) is 5.71. The van der Waals surface area contributed by atoms with Crippen LogP contribution in [0.5, 0.6) is 0 Å². The van der Waals surface area contributed by atoms with Crippen LogP contribution in [-0.2, 0) is 11.3 Å². The fourth-order valence-electron chi connectivity index (χ4n) is 1.59. The summed E-state index contributed by atoms with van der Waals surface area (Å²) in [5.74, 6) is 0. The second-order valence-electron chi connectivity index (χ2n) is 3.24. The van der Waals surface area contributed by atoms with Gasteiger partial charge in [0, 0.05) is 18.5 Å². The normalized spacial score (nSPS) is 12.4. The van der Waals surface area contributed by atoms with Gasteiger partial charge in [0.25, 0.3) is 0 Å². The minimum Gasteiger partial charge on any atom is -0.380 e. The van der Waals surface area contributed by atoms with Gasteiger partial charge in [-0.25, -0.2) is 0 Å². The molecule has 1 aromatic heterocycles. The Morgan fingerprint density at radius 3 is 2.94 bits per heavy atom. The highest BCUT2D eigenvalue weighted by atomic mass is 16.5. The molecule has 2 nitrogen and oxygen atoms in total. The molecule has 1 heterocycles. The molecule has 1 aromatic rings. The number of nitrogens with zero attached hydrogens (tertiary/aromatic N) is 1. The SMILES string of the molecule is CC.COCc1ccnc2c1=CC=CCC=2. The van der Waals surface area contributed by atoms with Crippen molar-refractivity contribution in [3.8, 4) is 0 Å². The lowest BCUT2D eigenvalue weighted by Gasteiger charge is -2.00. The molecule has 0 bridgehead atoms. The van der Waals surface area contributed by atoms with Crippen molar-refractivity contribution in [2.45, 2.75) is 26.9 Å². The summed E-state index contributed by atoms with van der Waals surface area (Å²) in [6, 6.07) is 2.01. The van der Waals surface area contributed by atoms with Crippen molar-refractivity contribution < 1.29 is 4.74 Å². The fraction of sp³-hybridized carbons (Fsp3) is 0.357. The van der Waals surface area contributed by atoms with Gasteiger partial charge >= 0.3 is 0 Å². The van der Waals surface area contributed by atoms with Crippen LogP contribution in [-0.4, -0.2) is 12.1 Å². The highest BCUT2D eigenvalue weighted by Gasteiger charge is 1.97. The molecule has 0 amide bonds. The number of pyridine rings is 1. The van der Waals surface area contributed by atoms with Gasteiger partial charge in [0.15, 0.2) is 0 Å². The zero-order valence-corrected chi connectivity index (χ0v) is 10.2. The molecule has 0 spiro atoms. The van der Waals surface area contributed by atoms with Crippen molar-refractivity contribution >= 4 is 12.2 Å². The molecule has 86 valence electrons. The third-order valence-electron chi connectivity index (χ3n) is 2.26. The van der Waals surface area contributed by atoms with E-state index in [2.05, 4.69) is 29.3 Å². The van der Waals surface area contributed by atoms with Gasteiger partial charge in [0.1, 0.15) is 0 Å². The van der Waals surface area contributed by atoms with Crippen LogP contribution in [0.4, 0.5) is 0 Å². The zero-order chi connectivity index (χ0) is 11.8. The topological polar surface area (TPSA) is 22.1 Å². The van der Waals surface area contributed by atoms with Crippen LogP contribution in [0.25, 0.3) is 12.2 Å². The van der Waals surface area contributed by atoms with Crippen LogP contribution < -0.4 is 10.6 Å². The van der Waals surface area contributed by atoms with E-state index >= 15 is 0 Å². The number of hydrogen-bond acceptors (Lipinski definition) is 2. The Bertz CT molecular complexity index is 460. The molecule has 0 atom stereocenters. The second kappa shape index (κ2) is 6.96. The summed E-state index contributed by atoms with van der Waals surface area (Å²) in [5.41, 5.74) is 1.19. The van der Waals surface area contributed by atoms with E-state index in [1.807, 2.05) is 26.1 Å². The molecule has 1 aliphatic carbocycles. The van der Waals surface area contributed by atoms with Crippen LogP contribution in [0.2, 0.25) is 0 Å². The number of rotatable bonds is 2. The van der Waals surface area contributed by atoms with Crippen molar-refractivity contribution in [3.63, 3.8) is 0 Å². The Balaban J connectivity index is 0.000000606. The monoisotopic (exact) mass is 217 g/mol. The molecule has 0 unspecified atom stereocenters. The molecule has 0 N–H and O–H groups in total. The maximum absolute atomic E-state index is 5.15. The molecular weight excluding hydrogens is 198 g/mol. The molecule has 0 saturated heterocycles. The van der Waals surface area contributed by atoms with Gasteiger partial charge in [-0.05, 0) is 18.1 Å². The molecule has 0 fully saturated rings. The molecule has 0 aliphatic heterocycles. The lowest BCUT2D eigenvalue weighted by Crippen LogP contribution is -2.31. The summed E-state index contributed by atoms with van der Waals surface area (Å²) in [5, 5.41) is 2.24. The number of hydrogen-bond donors (Lipinski definition) is 0. The third-order valence-corrected chi connectivity index (χ3v) is 2.26. The second-order valence-corrected chi connectivity index (χ2v) is 3.24. The molecule has 0 radical (unpaired) electrons. The van der Waals surface area contributed by atoms with Crippen LogP contribution in [0.3, 0.4) is 0 Å². The molecule has 16 heavy (non-hydrogen) atoms. The number of aromatic nitrogens is 1. The van der Waals surface area contributed by atoms with Gasteiger partial charge in [-0.15, -0.1) is 0 Å². The van der Waals surface area contributed by atoms with Gasteiger partial charge in [0.05, 0.1) is 12.0 Å². The predicted octanol–water partition coefficient (Wildman–Crippen LogP) is 1.78. The van der Waals surface area contributed by atoms with Crippen molar-refractivity contribution in [1.82, 2.24) is 4.98 Å². The van der Waals surface area contributed by atoms with Crippen LogP contribution in [0, 0.1) is 0 Å². The molecule has 2 rings (SSSR count). The van der Waals surface area contributed by atoms with Crippen LogP contribution in [0.15, 0.2) is 24.4 Å². The smallest absolute Gasteiger partial charge is 0.0720 e. The number of ether oxygens (including phenoxy) is 1. The largest absolute Gasteiger partial charge is 0.380 e. The Morgan fingerprint density at radius 1 is 1.38 bits per heavy atom. The fourth-order valence-corrected chi connectivity index (χ4v) is 1.59. The number of methoxy groups -OCH3 is 1. The minimum atomic E-state index is 0.642. The minimum absolute atomic E-state index is 0.642. The molecule has 0 aromatic carbocycles. The lowest BCUT2D eigenvalue weighted by molar-refractivity contribution is 0.184. The standard InChI is InChI=1S/C12H13NO.C2H6/c1-14-9-10-7-8-13-12-6-4-2-3-5-11(10)12;1-2/h2-3,5-8H,4,9H2,1H3;1-2H3. The van der Waals surface area contributed by atoms with Crippen molar-refractivity contribution in [2.24, 2.45) is 0 Å². The Labute approximate surface area is 97.0 Å². The lowest BCUT2D eigenvalue weighted by atomic mass is 10.2. The van der Waals surface area contributed by atoms with Gasteiger partial charge in [0.2, 0.25) is 0 Å². The van der Waals surface area contributed by atoms with Gasteiger partial charge in [-0.1, -0.05) is 38.2 Å². The van der Waals surface area contributed by atoms with Crippen LogP contribution >= 0.6 is 0 Å². The zero-order valence-electron chi connectivity index (χ0n) is 10.2. The van der Waals surface area contributed by atoms with Gasteiger partial charge < -0.3 is 4.74 Å². The van der Waals surface area contributed by atoms with Crippen molar-refractivity contribution in [3.05, 3.63) is 40.5 Å². The molecule has 0 saturated carbocycles. The summed E-state index contributed by atoms with van der Waals surface area (Å²) in [6.07, 6.45) is 11.2. The Kier molecular flexibility index (Phi) is 5.51. The van der Waals surface area contributed by atoms with E-state index in [0.29, 0.717) is 6.61 Å². The number of allylic oxidation sites excluding steroid dienone is 2. The first kappa shape index (κ1) is 12.7. The average molecular weight is 217 g/mol. The predicted molar refractivity (Wildman–Crippen MR) is 68.2 cm³/mol. The Morgan fingerprint density at radius 2 is 2.19 bits per heavy atom. The number of fused-ring (bicyclic) bond motifs is 1. The average Bonchev–Trinajstić information content (AvgIpc) is 2.58. The third kappa shape index (κ3) is 3.04. The van der Waals surface area contributed by atoms with Crippen molar-refractivity contribution in [2.75, 3.05) is 7.11 Å². The molecule has 1 aliphatic rings. The maximum Gasteiger partial charge on any atom is 0.0720 e. The van der Waals surface area contributed by atoms with E-state index in [0.717, 1.165) is 11.8 Å².